The molecule has 0 heterocycles. The van der Waals surface area contributed by atoms with E-state index in [2.05, 4.69) is 5.32 Å². The van der Waals surface area contributed by atoms with Gasteiger partial charge >= 0.3 is 0 Å². The number of benzene rings is 1. The zero-order valence-electron chi connectivity index (χ0n) is 13.5. The fourth-order valence-corrected chi connectivity index (χ4v) is 2.33. The second kappa shape index (κ2) is 10.4. The second-order valence-electron chi connectivity index (χ2n) is 3.70. The van der Waals surface area contributed by atoms with Crippen molar-refractivity contribution in [3.63, 3.8) is 0 Å². The zero-order valence-corrected chi connectivity index (χ0v) is 14.3. The number of nitrogens with one attached hydrogen (secondary N) is 1. The van der Waals surface area contributed by atoms with Crippen molar-refractivity contribution < 1.29 is 13.2 Å². The van der Waals surface area contributed by atoms with Crippen LogP contribution in [0.4, 0.5) is 0 Å². The highest BCUT2D eigenvalue weighted by Gasteiger charge is 2.19. The summed E-state index contributed by atoms with van der Waals surface area (Å²) >= 11 is 0. The summed E-state index contributed by atoms with van der Waals surface area (Å²) in [6.45, 7) is 11.2. The van der Waals surface area contributed by atoms with E-state index in [1.807, 2.05) is 27.7 Å². The van der Waals surface area contributed by atoms with Crippen LogP contribution in [0.2, 0.25) is 0 Å². The molecule has 1 rings (SSSR count). The van der Waals surface area contributed by atoms with Crippen molar-refractivity contribution in [3.05, 3.63) is 29.8 Å². The van der Waals surface area contributed by atoms with Crippen LogP contribution in [0.3, 0.4) is 0 Å². The Balaban J connectivity index is 0. The summed E-state index contributed by atoms with van der Waals surface area (Å²) in [6.07, 6.45) is 0. The average Bonchev–Trinajstić information content (AvgIpc) is 2.50. The van der Waals surface area contributed by atoms with Crippen molar-refractivity contribution in [2.24, 2.45) is 0 Å². The maximum Gasteiger partial charge on any atom is 0.251 e. The molecule has 0 fully saturated rings. The monoisotopic (exact) mass is 301 g/mol. The smallest absolute Gasteiger partial charge is 0.251 e. The van der Waals surface area contributed by atoms with Crippen LogP contribution in [-0.2, 0) is 9.84 Å². The van der Waals surface area contributed by atoms with Crippen LogP contribution in [0.25, 0.3) is 0 Å². The van der Waals surface area contributed by atoms with Crippen molar-refractivity contribution in [1.29, 1.82) is 0 Å². The number of hydrogen-bond donors (Lipinski definition) is 1. The predicted molar refractivity (Wildman–Crippen MR) is 84.9 cm³/mol. The second-order valence-corrected chi connectivity index (χ2v) is 6.20. The molecule has 0 radical (unpaired) electrons. The maximum atomic E-state index is 11.9. The summed E-state index contributed by atoms with van der Waals surface area (Å²) in [6, 6.07) is 6.05. The fourth-order valence-electron chi connectivity index (χ4n) is 1.23. The van der Waals surface area contributed by atoms with Gasteiger partial charge in [-0.3, -0.25) is 4.79 Å². The van der Waals surface area contributed by atoms with Gasteiger partial charge in [-0.2, -0.15) is 0 Å². The molecule has 1 aromatic rings. The number of amides is 1. The fraction of sp³-hybridized carbons (Fsp3) is 0.533. The predicted octanol–water partition coefficient (Wildman–Crippen LogP) is 3.28. The van der Waals surface area contributed by atoms with Crippen LogP contribution in [0.15, 0.2) is 29.2 Å². The summed E-state index contributed by atoms with van der Waals surface area (Å²) in [5.41, 5.74) is 0.351. The molecule has 0 aliphatic heterocycles. The van der Waals surface area contributed by atoms with E-state index in [1.165, 1.54) is 19.2 Å². The number of rotatable bonds is 3. The Hall–Kier alpha value is -1.36. The highest BCUT2D eigenvalue weighted by atomic mass is 32.2. The molecule has 4 nitrogen and oxygen atoms in total. The molecular weight excluding hydrogens is 274 g/mol. The van der Waals surface area contributed by atoms with E-state index in [4.69, 9.17) is 0 Å². The van der Waals surface area contributed by atoms with Crippen LogP contribution in [-0.4, -0.2) is 26.6 Å². The molecule has 1 aromatic carbocycles. The van der Waals surface area contributed by atoms with Gasteiger partial charge in [-0.05, 0) is 32.0 Å². The Kier molecular flexibility index (Phi) is 10.9. The van der Waals surface area contributed by atoms with Crippen molar-refractivity contribution in [1.82, 2.24) is 5.32 Å². The molecule has 0 saturated carbocycles. The highest BCUT2D eigenvalue weighted by molar-refractivity contribution is 7.92. The minimum absolute atomic E-state index is 0.184. The molecule has 1 amide bonds. The molecule has 0 aliphatic rings. The molecule has 116 valence electrons. The average molecular weight is 301 g/mol. The van der Waals surface area contributed by atoms with Crippen LogP contribution in [0.1, 0.15) is 51.9 Å². The summed E-state index contributed by atoms with van der Waals surface area (Å²) in [4.78, 5) is 11.5. The molecule has 0 unspecified atom stereocenters. The van der Waals surface area contributed by atoms with Crippen molar-refractivity contribution >= 4 is 15.7 Å². The minimum atomic E-state index is -3.32. The van der Waals surface area contributed by atoms with Gasteiger partial charge in [0, 0.05) is 12.6 Å². The van der Waals surface area contributed by atoms with Crippen LogP contribution >= 0.6 is 0 Å². The largest absolute Gasteiger partial charge is 0.355 e. The van der Waals surface area contributed by atoms with Crippen molar-refractivity contribution in [2.45, 2.75) is 51.7 Å². The summed E-state index contributed by atoms with van der Waals surface area (Å²) in [7, 11) is -1.82. The van der Waals surface area contributed by atoms with Crippen LogP contribution < -0.4 is 5.32 Å². The normalized spacial score (nSPS) is 9.80. The summed E-state index contributed by atoms with van der Waals surface area (Å²) < 4.78 is 23.7. The number of sulfone groups is 1. The maximum absolute atomic E-state index is 11.9. The molecule has 5 heteroatoms. The third-order valence-electron chi connectivity index (χ3n) is 2.27. The third kappa shape index (κ3) is 5.74. The quantitative estimate of drug-likeness (QED) is 0.932. The van der Waals surface area contributed by atoms with E-state index >= 15 is 0 Å². The standard InChI is InChI=1S/C11H15NO3S.2C2H6/c1-8(2)16(14,15)10-6-4-5-9(7-10)11(13)12-3;2*1-2/h4-8H,1-3H3,(H,12,13);2*1-2H3. The summed E-state index contributed by atoms with van der Waals surface area (Å²) in [5, 5.41) is 1.96. The number of carbonyl (C=O) groups excluding carboxylic acids is 1. The van der Waals surface area contributed by atoms with Gasteiger partial charge in [0.1, 0.15) is 0 Å². The van der Waals surface area contributed by atoms with Gasteiger partial charge in [-0.15, -0.1) is 0 Å². The van der Waals surface area contributed by atoms with Crippen molar-refractivity contribution in [3.8, 4) is 0 Å². The Labute approximate surface area is 123 Å². The minimum Gasteiger partial charge on any atom is -0.355 e. The number of carbonyl (C=O) groups is 1. The van der Waals surface area contributed by atoms with E-state index in [-0.39, 0.29) is 10.8 Å². The van der Waals surface area contributed by atoms with Crippen LogP contribution in [0, 0.1) is 0 Å². The zero-order chi connectivity index (χ0) is 16.3. The molecule has 1 N–H and O–H groups in total. The molecule has 0 aromatic heterocycles. The van der Waals surface area contributed by atoms with E-state index in [0.29, 0.717) is 5.56 Å². The molecule has 0 spiro atoms. The Morgan fingerprint density at radius 2 is 1.60 bits per heavy atom. The lowest BCUT2D eigenvalue weighted by Gasteiger charge is -2.08. The van der Waals surface area contributed by atoms with Gasteiger partial charge in [0.2, 0.25) is 0 Å². The first-order chi connectivity index (χ1) is 9.39. The Morgan fingerprint density at radius 3 is 2.00 bits per heavy atom. The van der Waals surface area contributed by atoms with Gasteiger partial charge in [0.15, 0.2) is 9.84 Å². The molecular formula is C15H27NO3S. The van der Waals surface area contributed by atoms with Gasteiger partial charge in [-0.1, -0.05) is 33.8 Å². The van der Waals surface area contributed by atoms with Gasteiger partial charge in [0.05, 0.1) is 10.1 Å². The molecule has 0 aliphatic carbocycles. The van der Waals surface area contributed by atoms with E-state index in [9.17, 15) is 13.2 Å². The van der Waals surface area contributed by atoms with Gasteiger partial charge in [0.25, 0.3) is 5.91 Å². The lowest BCUT2D eigenvalue weighted by Crippen LogP contribution is -2.19. The lowest BCUT2D eigenvalue weighted by atomic mass is 10.2. The highest BCUT2D eigenvalue weighted by Crippen LogP contribution is 2.17. The van der Waals surface area contributed by atoms with Gasteiger partial charge < -0.3 is 5.32 Å². The molecule has 0 atom stereocenters. The van der Waals surface area contributed by atoms with E-state index < -0.39 is 15.1 Å². The molecule has 0 saturated heterocycles. The van der Waals surface area contributed by atoms with E-state index in [1.54, 1.807) is 26.0 Å². The first-order valence-corrected chi connectivity index (χ1v) is 8.50. The van der Waals surface area contributed by atoms with Crippen molar-refractivity contribution in [2.75, 3.05) is 7.05 Å². The van der Waals surface area contributed by atoms with Crippen LogP contribution in [0.5, 0.6) is 0 Å². The third-order valence-corrected chi connectivity index (χ3v) is 4.42. The molecule has 20 heavy (non-hydrogen) atoms. The SMILES string of the molecule is CC.CC.CNC(=O)c1cccc(S(=O)(=O)C(C)C)c1. The topological polar surface area (TPSA) is 63.2 Å². The molecule has 0 bridgehead atoms. The Morgan fingerprint density at radius 1 is 1.10 bits per heavy atom. The first kappa shape index (κ1) is 20.9. The lowest BCUT2D eigenvalue weighted by molar-refractivity contribution is 0.0963. The number of hydrogen-bond acceptors (Lipinski definition) is 3. The van der Waals surface area contributed by atoms with Gasteiger partial charge in [-0.25, -0.2) is 8.42 Å². The summed E-state index contributed by atoms with van der Waals surface area (Å²) in [5.74, 6) is -0.291. The van der Waals surface area contributed by atoms with E-state index in [0.717, 1.165) is 0 Å². The first-order valence-electron chi connectivity index (χ1n) is 6.95. The Bertz CT molecular complexity index is 494.